The number of rotatable bonds is 4. The van der Waals surface area contributed by atoms with Crippen molar-refractivity contribution in [3.63, 3.8) is 0 Å². The van der Waals surface area contributed by atoms with Crippen LogP contribution in [0.2, 0.25) is 0 Å². The molecule has 120 valence electrons. The van der Waals surface area contributed by atoms with Crippen LogP contribution in [0.25, 0.3) is 0 Å². The van der Waals surface area contributed by atoms with Crippen LogP contribution in [0.1, 0.15) is 36.8 Å². The number of hydrogen-bond acceptors (Lipinski definition) is 2. The molecule has 0 aromatic heterocycles. The van der Waals surface area contributed by atoms with Gasteiger partial charge < -0.3 is 16.4 Å². The second kappa shape index (κ2) is 7.80. The third-order valence-electron chi connectivity index (χ3n) is 3.99. The zero-order chi connectivity index (χ0) is 14.7. The average molecular weight is 414 g/mol. The highest BCUT2D eigenvalue weighted by Crippen LogP contribution is 2.27. The molecule has 0 spiro atoms. The van der Waals surface area contributed by atoms with Crippen molar-refractivity contribution in [2.45, 2.75) is 44.6 Å². The third-order valence-corrected chi connectivity index (χ3v) is 3.99. The summed E-state index contributed by atoms with van der Waals surface area (Å²) >= 11 is 0. The van der Waals surface area contributed by atoms with E-state index >= 15 is 0 Å². The first-order valence-electron chi connectivity index (χ1n) is 7.69. The van der Waals surface area contributed by atoms with E-state index in [1.165, 1.54) is 24.0 Å². The number of aryl methyl sites for hydroxylation is 1. The Labute approximate surface area is 148 Å². The van der Waals surface area contributed by atoms with Gasteiger partial charge in [-0.3, -0.25) is 4.79 Å². The monoisotopic (exact) mass is 414 g/mol. The summed E-state index contributed by atoms with van der Waals surface area (Å²) in [4.78, 5) is 15.7. The summed E-state index contributed by atoms with van der Waals surface area (Å²) < 4.78 is 0. The Balaban J connectivity index is 0.00000176. The van der Waals surface area contributed by atoms with E-state index in [4.69, 9.17) is 5.73 Å². The minimum absolute atomic E-state index is 0. The minimum atomic E-state index is -0.0580. The van der Waals surface area contributed by atoms with E-state index in [2.05, 4.69) is 21.7 Å². The Morgan fingerprint density at radius 2 is 2.05 bits per heavy atom. The summed E-state index contributed by atoms with van der Waals surface area (Å²) in [6.07, 6.45) is 6.84. The number of nitrogens with zero attached hydrogens (tertiary/aromatic N) is 1. The van der Waals surface area contributed by atoms with Crippen LogP contribution < -0.4 is 16.4 Å². The minimum Gasteiger partial charge on any atom is -0.370 e. The molecule has 2 aliphatic carbocycles. The molecular weight excluding hydrogens is 391 g/mol. The summed E-state index contributed by atoms with van der Waals surface area (Å²) in [7, 11) is 0. The van der Waals surface area contributed by atoms with Gasteiger partial charge in [-0.25, -0.2) is 4.99 Å². The van der Waals surface area contributed by atoms with Crippen LogP contribution >= 0.6 is 24.0 Å². The van der Waals surface area contributed by atoms with Crippen LogP contribution in [0.3, 0.4) is 0 Å². The van der Waals surface area contributed by atoms with Gasteiger partial charge >= 0.3 is 0 Å². The number of carbonyl (C=O) groups is 1. The Hall–Kier alpha value is -1.31. The van der Waals surface area contributed by atoms with Gasteiger partial charge in [0.25, 0.3) is 0 Å². The molecule has 22 heavy (non-hydrogen) atoms. The van der Waals surface area contributed by atoms with Crippen molar-refractivity contribution in [1.29, 1.82) is 0 Å². The van der Waals surface area contributed by atoms with E-state index < -0.39 is 0 Å². The summed E-state index contributed by atoms with van der Waals surface area (Å²) in [6.45, 7) is 0.0877. The molecule has 0 saturated heterocycles. The van der Waals surface area contributed by atoms with E-state index in [0.717, 1.165) is 31.4 Å². The predicted molar refractivity (Wildman–Crippen MR) is 99.8 cm³/mol. The van der Waals surface area contributed by atoms with E-state index in [-0.39, 0.29) is 36.4 Å². The van der Waals surface area contributed by atoms with Crippen molar-refractivity contribution >= 4 is 41.5 Å². The molecule has 1 fully saturated rings. The average Bonchev–Trinajstić information content (AvgIpc) is 3.29. The molecule has 1 aromatic carbocycles. The maximum absolute atomic E-state index is 11.6. The Morgan fingerprint density at radius 1 is 1.27 bits per heavy atom. The molecule has 6 heteroatoms. The second-order valence-corrected chi connectivity index (χ2v) is 5.82. The smallest absolute Gasteiger partial charge is 0.242 e. The van der Waals surface area contributed by atoms with Crippen LogP contribution in [0, 0.1) is 0 Å². The van der Waals surface area contributed by atoms with Crippen LogP contribution in [-0.4, -0.2) is 24.5 Å². The number of nitrogens with two attached hydrogens (primary N) is 1. The second-order valence-electron chi connectivity index (χ2n) is 5.82. The number of fused-ring (bicyclic) bond motifs is 1. The molecule has 4 N–H and O–H groups in total. The molecule has 0 radical (unpaired) electrons. The highest BCUT2D eigenvalue weighted by atomic mass is 127. The van der Waals surface area contributed by atoms with Crippen molar-refractivity contribution in [2.24, 2.45) is 10.7 Å². The van der Waals surface area contributed by atoms with Crippen LogP contribution in [0.4, 0.5) is 5.69 Å². The number of benzene rings is 1. The van der Waals surface area contributed by atoms with Gasteiger partial charge in [0.15, 0.2) is 5.96 Å². The lowest BCUT2D eigenvalue weighted by Crippen LogP contribution is -2.30. The SMILES string of the molecule is I.NC(=NCC(=O)NC1CC1)Nc1cccc2c1CCCC2. The van der Waals surface area contributed by atoms with E-state index in [0.29, 0.717) is 12.0 Å². The number of anilines is 1. The molecule has 3 rings (SSSR count). The van der Waals surface area contributed by atoms with Gasteiger partial charge in [0.1, 0.15) is 6.54 Å². The van der Waals surface area contributed by atoms with Gasteiger partial charge in [0, 0.05) is 11.7 Å². The van der Waals surface area contributed by atoms with Crippen molar-refractivity contribution in [2.75, 3.05) is 11.9 Å². The molecule has 0 heterocycles. The fraction of sp³-hybridized carbons (Fsp3) is 0.500. The zero-order valence-corrected chi connectivity index (χ0v) is 14.9. The highest BCUT2D eigenvalue weighted by molar-refractivity contribution is 14.0. The maximum atomic E-state index is 11.6. The number of aliphatic imine (C=N–C) groups is 1. The normalized spacial score (nSPS) is 17.2. The first kappa shape index (κ1) is 17.1. The number of guanidine groups is 1. The van der Waals surface area contributed by atoms with Gasteiger partial charge in [0.05, 0.1) is 0 Å². The van der Waals surface area contributed by atoms with E-state index in [1.54, 1.807) is 0 Å². The standard InChI is InChI=1S/C16H22N4O.HI/c17-16(18-10-15(21)19-12-8-9-12)20-14-7-3-5-11-4-1-2-6-13(11)14;/h3,5,7,12H,1-2,4,6,8-10H2,(H,19,21)(H3,17,18,20);1H. The topological polar surface area (TPSA) is 79.5 Å². The van der Waals surface area contributed by atoms with Gasteiger partial charge in [-0.15, -0.1) is 24.0 Å². The first-order chi connectivity index (χ1) is 10.2. The van der Waals surface area contributed by atoms with Gasteiger partial charge in [-0.1, -0.05) is 12.1 Å². The molecule has 0 aliphatic heterocycles. The molecule has 2 aliphatic rings. The molecule has 1 aromatic rings. The summed E-state index contributed by atoms with van der Waals surface area (Å²) in [5.41, 5.74) is 9.65. The molecule has 0 atom stereocenters. The number of carbonyl (C=O) groups excluding carboxylic acids is 1. The Bertz CT molecular complexity index is 569. The van der Waals surface area contributed by atoms with Crippen molar-refractivity contribution in [1.82, 2.24) is 5.32 Å². The number of nitrogens with one attached hydrogen (secondary N) is 2. The van der Waals surface area contributed by atoms with Gasteiger partial charge in [-0.2, -0.15) is 0 Å². The van der Waals surface area contributed by atoms with Crippen LogP contribution in [0.5, 0.6) is 0 Å². The molecule has 1 saturated carbocycles. The largest absolute Gasteiger partial charge is 0.370 e. The predicted octanol–water partition coefficient (Wildman–Crippen LogP) is 2.19. The maximum Gasteiger partial charge on any atom is 0.242 e. The van der Waals surface area contributed by atoms with Crippen molar-refractivity contribution in [3.05, 3.63) is 29.3 Å². The quantitative estimate of drug-likeness (QED) is 0.402. The molecule has 0 bridgehead atoms. The fourth-order valence-electron chi connectivity index (χ4n) is 2.73. The number of halogens is 1. The lowest BCUT2D eigenvalue weighted by Gasteiger charge is -2.19. The Morgan fingerprint density at radius 3 is 2.82 bits per heavy atom. The molecular formula is C16H23IN4O. The number of amides is 1. The molecule has 5 nitrogen and oxygen atoms in total. The lowest BCUT2D eigenvalue weighted by molar-refractivity contribution is -0.119. The lowest BCUT2D eigenvalue weighted by atomic mass is 9.90. The van der Waals surface area contributed by atoms with Gasteiger partial charge in [0.2, 0.25) is 5.91 Å². The van der Waals surface area contributed by atoms with E-state index in [9.17, 15) is 4.79 Å². The third kappa shape index (κ3) is 4.59. The zero-order valence-electron chi connectivity index (χ0n) is 12.6. The first-order valence-corrected chi connectivity index (χ1v) is 7.69. The highest BCUT2D eigenvalue weighted by Gasteiger charge is 2.22. The Kier molecular flexibility index (Phi) is 6.05. The van der Waals surface area contributed by atoms with Crippen molar-refractivity contribution in [3.8, 4) is 0 Å². The fourth-order valence-corrected chi connectivity index (χ4v) is 2.73. The van der Waals surface area contributed by atoms with Gasteiger partial charge in [-0.05, 0) is 55.7 Å². The summed E-state index contributed by atoms with van der Waals surface area (Å²) in [6, 6.07) is 6.61. The van der Waals surface area contributed by atoms with Crippen LogP contribution in [-0.2, 0) is 17.6 Å². The molecule has 0 unspecified atom stereocenters. The van der Waals surface area contributed by atoms with Crippen LogP contribution in [0.15, 0.2) is 23.2 Å². The van der Waals surface area contributed by atoms with E-state index in [1.807, 2.05) is 12.1 Å². The summed E-state index contributed by atoms with van der Waals surface area (Å²) in [5, 5.41) is 6.04. The van der Waals surface area contributed by atoms with Crippen molar-refractivity contribution < 1.29 is 4.79 Å². The number of hydrogen-bond donors (Lipinski definition) is 3. The molecule has 1 amide bonds. The summed E-state index contributed by atoms with van der Waals surface area (Å²) in [5.74, 6) is 0.247.